The molecule has 4 saturated heterocycles. The first-order valence-corrected chi connectivity index (χ1v) is 13.5. The molecule has 4 aliphatic heterocycles. The van der Waals surface area contributed by atoms with Gasteiger partial charge in [-0.05, 0) is 67.6 Å². The summed E-state index contributed by atoms with van der Waals surface area (Å²) in [5.74, 6) is 1.13. The highest BCUT2D eigenvalue weighted by atomic mass is 32.2. The van der Waals surface area contributed by atoms with Crippen LogP contribution in [0, 0.1) is 17.7 Å². The number of halogens is 1. The first kappa shape index (κ1) is 22.8. The van der Waals surface area contributed by atoms with Gasteiger partial charge in [-0.3, -0.25) is 9.80 Å². The third-order valence-corrected chi connectivity index (χ3v) is 9.07. The van der Waals surface area contributed by atoms with Crippen molar-refractivity contribution in [3.63, 3.8) is 0 Å². The number of anilines is 1. The second kappa shape index (κ2) is 9.70. The molecule has 2 aromatic rings. The van der Waals surface area contributed by atoms with E-state index in [1.807, 2.05) is 18.2 Å². The van der Waals surface area contributed by atoms with Crippen molar-refractivity contribution in [2.24, 2.45) is 11.8 Å². The molecule has 4 heterocycles. The first-order valence-electron chi connectivity index (χ1n) is 12.0. The van der Waals surface area contributed by atoms with Crippen molar-refractivity contribution in [3.8, 4) is 0 Å². The fraction of sp³-hybridized carbons (Fsp3) is 0.520. The van der Waals surface area contributed by atoms with Gasteiger partial charge < -0.3 is 4.90 Å². The predicted octanol–water partition coefficient (Wildman–Crippen LogP) is 2.64. The molecule has 2 bridgehead atoms. The van der Waals surface area contributed by atoms with Crippen molar-refractivity contribution < 1.29 is 12.8 Å². The zero-order valence-electron chi connectivity index (χ0n) is 18.9. The highest BCUT2D eigenvalue weighted by Gasteiger charge is 2.41. The van der Waals surface area contributed by atoms with Crippen LogP contribution in [0.2, 0.25) is 0 Å². The van der Waals surface area contributed by atoms with Crippen molar-refractivity contribution in [1.82, 2.24) is 14.5 Å². The van der Waals surface area contributed by atoms with Gasteiger partial charge in [0.25, 0.3) is 0 Å². The molecule has 4 fully saturated rings. The van der Waals surface area contributed by atoms with E-state index in [0.717, 1.165) is 57.9 Å². The zero-order valence-corrected chi connectivity index (χ0v) is 19.8. The first-order chi connectivity index (χ1) is 16.0. The van der Waals surface area contributed by atoms with Crippen molar-refractivity contribution in [2.45, 2.75) is 23.8 Å². The third-order valence-electron chi connectivity index (χ3n) is 7.63. The molecule has 0 saturated carbocycles. The van der Waals surface area contributed by atoms with Gasteiger partial charge in [-0.25, -0.2) is 17.5 Å². The van der Waals surface area contributed by atoms with Crippen molar-refractivity contribution in [1.29, 1.82) is 0 Å². The summed E-state index contributed by atoms with van der Waals surface area (Å²) in [6.07, 6.45) is 2.28. The summed E-state index contributed by atoms with van der Waals surface area (Å²) in [5, 5.41) is 0. The Labute approximate surface area is 196 Å². The van der Waals surface area contributed by atoms with Crippen LogP contribution in [-0.4, -0.2) is 76.6 Å². The summed E-state index contributed by atoms with van der Waals surface area (Å²) in [7, 11) is -3.45. The largest absolute Gasteiger partial charge is 0.369 e. The number of benzene rings is 2. The number of piperidine rings is 3. The monoisotopic (exact) mass is 472 g/mol. The van der Waals surface area contributed by atoms with Crippen LogP contribution in [0.3, 0.4) is 0 Å². The van der Waals surface area contributed by atoms with E-state index in [1.54, 1.807) is 24.3 Å². The molecule has 33 heavy (non-hydrogen) atoms. The molecular formula is C25H33FN4O2S. The zero-order chi connectivity index (χ0) is 22.8. The molecule has 6 nitrogen and oxygen atoms in total. The molecule has 178 valence electrons. The fourth-order valence-electron chi connectivity index (χ4n) is 5.73. The average molecular weight is 473 g/mol. The third kappa shape index (κ3) is 5.24. The summed E-state index contributed by atoms with van der Waals surface area (Å²) < 4.78 is 41.2. The molecule has 0 amide bonds. The number of sulfonamides is 1. The van der Waals surface area contributed by atoms with E-state index in [-0.39, 0.29) is 11.9 Å². The van der Waals surface area contributed by atoms with E-state index < -0.39 is 10.0 Å². The molecule has 0 aromatic heterocycles. The number of piperazine rings is 1. The van der Waals surface area contributed by atoms with Crippen LogP contribution in [0.25, 0.3) is 0 Å². The Morgan fingerprint density at radius 2 is 1.67 bits per heavy atom. The van der Waals surface area contributed by atoms with Gasteiger partial charge in [0.05, 0.1) is 4.90 Å². The molecule has 6 rings (SSSR count). The minimum Gasteiger partial charge on any atom is -0.369 e. The maximum absolute atomic E-state index is 13.2. The standard InChI is InChI=1S/C25H33FN4O2S/c26-22-6-8-23(9-7-22)29-14-12-28(13-15-29)18-21-19-30-11-10-20(21)16-24(30)17-27-33(31,32)25-4-2-1-3-5-25/h1-9,20-21,24,27H,10-19H2/t20-,21+,24-/m1/s1. The second-order valence-electron chi connectivity index (χ2n) is 9.62. The fourth-order valence-corrected chi connectivity index (χ4v) is 6.82. The number of nitrogens with one attached hydrogen (secondary N) is 1. The van der Waals surface area contributed by atoms with E-state index >= 15 is 0 Å². The lowest BCUT2D eigenvalue weighted by Crippen LogP contribution is -2.59. The number of fused-ring (bicyclic) bond motifs is 3. The summed E-state index contributed by atoms with van der Waals surface area (Å²) >= 11 is 0. The average Bonchev–Trinajstić information content (AvgIpc) is 2.85. The second-order valence-corrected chi connectivity index (χ2v) is 11.4. The van der Waals surface area contributed by atoms with E-state index in [1.165, 1.54) is 18.6 Å². The van der Waals surface area contributed by atoms with Gasteiger partial charge in [0.15, 0.2) is 0 Å². The van der Waals surface area contributed by atoms with Gasteiger partial charge in [0.1, 0.15) is 5.82 Å². The Kier molecular flexibility index (Phi) is 6.69. The number of rotatable bonds is 7. The van der Waals surface area contributed by atoms with Gasteiger partial charge in [0.2, 0.25) is 10.0 Å². The summed E-state index contributed by atoms with van der Waals surface area (Å²) in [6.45, 7) is 7.71. The molecule has 8 heteroatoms. The minimum atomic E-state index is -3.45. The molecule has 1 unspecified atom stereocenters. The quantitative estimate of drug-likeness (QED) is 0.672. The molecule has 0 spiro atoms. The Morgan fingerprint density at radius 1 is 0.939 bits per heavy atom. The van der Waals surface area contributed by atoms with Gasteiger partial charge >= 0.3 is 0 Å². The smallest absolute Gasteiger partial charge is 0.240 e. The number of nitrogens with zero attached hydrogens (tertiary/aromatic N) is 3. The van der Waals surface area contributed by atoms with Gasteiger partial charge in [-0.1, -0.05) is 18.2 Å². The summed E-state index contributed by atoms with van der Waals surface area (Å²) in [6, 6.07) is 15.7. The lowest BCUT2D eigenvalue weighted by atomic mass is 9.75. The number of hydrogen-bond acceptors (Lipinski definition) is 5. The maximum Gasteiger partial charge on any atom is 0.240 e. The predicted molar refractivity (Wildman–Crippen MR) is 128 cm³/mol. The van der Waals surface area contributed by atoms with Crippen LogP contribution < -0.4 is 9.62 Å². The van der Waals surface area contributed by atoms with E-state index in [4.69, 9.17) is 0 Å². The normalized spacial score (nSPS) is 28.2. The van der Waals surface area contributed by atoms with Crippen LogP contribution in [0.4, 0.5) is 10.1 Å². The molecule has 4 atom stereocenters. The Morgan fingerprint density at radius 3 is 2.33 bits per heavy atom. The van der Waals surface area contributed by atoms with Gasteiger partial charge in [0, 0.05) is 57.5 Å². The SMILES string of the molecule is O=S(=O)(NC[C@H]1C[C@H]2CCN1C[C@@H]2CN1CCN(c2ccc(F)cc2)CC1)c1ccccc1. The Bertz CT molecular complexity index is 1030. The van der Waals surface area contributed by atoms with E-state index in [2.05, 4.69) is 19.4 Å². The van der Waals surface area contributed by atoms with Crippen molar-refractivity contribution >= 4 is 15.7 Å². The topological polar surface area (TPSA) is 55.9 Å². The molecule has 1 N–H and O–H groups in total. The van der Waals surface area contributed by atoms with Crippen LogP contribution in [-0.2, 0) is 10.0 Å². The van der Waals surface area contributed by atoms with Crippen LogP contribution >= 0.6 is 0 Å². The van der Waals surface area contributed by atoms with E-state index in [9.17, 15) is 12.8 Å². The maximum atomic E-state index is 13.2. The molecule has 0 aliphatic carbocycles. The number of hydrogen-bond donors (Lipinski definition) is 1. The van der Waals surface area contributed by atoms with E-state index in [0.29, 0.717) is 23.3 Å². The molecule has 2 aromatic carbocycles. The Balaban J connectivity index is 1.10. The van der Waals surface area contributed by atoms with Crippen LogP contribution in [0.15, 0.2) is 59.5 Å². The van der Waals surface area contributed by atoms with Gasteiger partial charge in [-0.15, -0.1) is 0 Å². The lowest BCUT2D eigenvalue weighted by Gasteiger charge is -2.51. The molecule has 0 radical (unpaired) electrons. The molecular weight excluding hydrogens is 439 g/mol. The Hall–Kier alpha value is -2.00. The highest BCUT2D eigenvalue weighted by Crippen LogP contribution is 2.36. The van der Waals surface area contributed by atoms with Crippen molar-refractivity contribution in [3.05, 3.63) is 60.4 Å². The van der Waals surface area contributed by atoms with Crippen molar-refractivity contribution in [2.75, 3.05) is 57.3 Å². The highest BCUT2D eigenvalue weighted by molar-refractivity contribution is 7.89. The van der Waals surface area contributed by atoms with Gasteiger partial charge in [-0.2, -0.15) is 0 Å². The summed E-state index contributed by atoms with van der Waals surface area (Å²) in [5.41, 5.74) is 1.10. The molecule has 4 aliphatic rings. The lowest BCUT2D eigenvalue weighted by molar-refractivity contribution is -0.0107. The van der Waals surface area contributed by atoms with Crippen LogP contribution in [0.5, 0.6) is 0 Å². The summed E-state index contributed by atoms with van der Waals surface area (Å²) in [4.78, 5) is 7.73. The van der Waals surface area contributed by atoms with Crippen LogP contribution in [0.1, 0.15) is 12.8 Å². The minimum absolute atomic E-state index is 0.189.